The lowest BCUT2D eigenvalue weighted by atomic mass is 10.1. The Kier molecular flexibility index (Phi) is 4.89. The molecule has 0 spiro atoms. The van der Waals surface area contributed by atoms with Crippen molar-refractivity contribution in [3.05, 3.63) is 54.5 Å². The first-order valence-electron chi connectivity index (χ1n) is 9.12. The van der Waals surface area contributed by atoms with Crippen LogP contribution in [0.15, 0.2) is 48.7 Å². The monoisotopic (exact) mass is 400 g/mol. The second-order valence-electron chi connectivity index (χ2n) is 7.07. The third-order valence-corrected chi connectivity index (χ3v) is 6.80. The molecule has 0 radical (unpaired) electrons. The van der Waals surface area contributed by atoms with Crippen LogP contribution in [0.5, 0.6) is 0 Å². The van der Waals surface area contributed by atoms with Gasteiger partial charge in [-0.1, -0.05) is 12.1 Å². The molecule has 3 aromatic rings. The lowest BCUT2D eigenvalue weighted by Gasteiger charge is -2.32. The number of sulfone groups is 1. The first-order valence-corrected chi connectivity index (χ1v) is 11.1. The number of nitrogens with zero attached hydrogens (tertiary/aromatic N) is 3. The molecule has 146 valence electrons. The fourth-order valence-corrected chi connectivity index (χ4v) is 4.68. The molecule has 0 unspecified atom stereocenters. The number of halogens is 1. The van der Waals surface area contributed by atoms with Crippen molar-refractivity contribution in [2.24, 2.45) is 0 Å². The molecule has 0 aliphatic carbocycles. The zero-order valence-electron chi connectivity index (χ0n) is 15.5. The molecule has 0 atom stereocenters. The molecule has 6 nitrogen and oxygen atoms in total. The largest absolute Gasteiger partial charge is 0.356 e. The van der Waals surface area contributed by atoms with E-state index in [2.05, 4.69) is 20.1 Å². The Morgan fingerprint density at radius 1 is 1.14 bits per heavy atom. The van der Waals surface area contributed by atoms with Crippen LogP contribution in [0, 0.1) is 5.82 Å². The Hall–Kier alpha value is -2.74. The van der Waals surface area contributed by atoms with Gasteiger partial charge in [-0.2, -0.15) is 5.10 Å². The van der Waals surface area contributed by atoms with E-state index in [0.717, 1.165) is 17.1 Å². The van der Waals surface area contributed by atoms with Crippen molar-refractivity contribution in [3.8, 4) is 22.5 Å². The lowest BCUT2D eigenvalue weighted by Crippen LogP contribution is -2.39. The summed E-state index contributed by atoms with van der Waals surface area (Å²) in [5.74, 6) is 0.488. The second kappa shape index (κ2) is 7.35. The molecule has 2 aromatic heterocycles. The highest BCUT2D eigenvalue weighted by atomic mass is 32.2. The maximum atomic E-state index is 13.5. The van der Waals surface area contributed by atoms with Gasteiger partial charge in [0, 0.05) is 36.7 Å². The molecular formula is C20H21FN4O2S. The third kappa shape index (κ3) is 3.77. The SMILES string of the molecule is CS(=O)(=O)C1CCN(c2ncccc2-c2cc(-c3cccc(F)c3)n[nH]2)CC1. The minimum Gasteiger partial charge on any atom is -0.356 e. The maximum absolute atomic E-state index is 13.5. The molecule has 1 aliphatic heterocycles. The van der Waals surface area contributed by atoms with Crippen LogP contribution in [0.1, 0.15) is 12.8 Å². The van der Waals surface area contributed by atoms with E-state index in [9.17, 15) is 12.8 Å². The molecule has 0 bridgehead atoms. The van der Waals surface area contributed by atoms with Gasteiger partial charge in [0.15, 0.2) is 0 Å². The molecule has 1 aliphatic rings. The van der Waals surface area contributed by atoms with E-state index in [0.29, 0.717) is 37.2 Å². The number of rotatable bonds is 4. The Bertz CT molecular complexity index is 1090. The zero-order valence-corrected chi connectivity index (χ0v) is 16.3. The summed E-state index contributed by atoms with van der Waals surface area (Å²) < 4.78 is 37.1. The summed E-state index contributed by atoms with van der Waals surface area (Å²) in [4.78, 5) is 6.64. The molecule has 0 amide bonds. The van der Waals surface area contributed by atoms with Gasteiger partial charge in [-0.05, 0) is 43.2 Å². The van der Waals surface area contributed by atoms with Crippen LogP contribution in [0.2, 0.25) is 0 Å². The molecule has 1 N–H and O–H groups in total. The summed E-state index contributed by atoms with van der Waals surface area (Å²) in [6.45, 7) is 1.26. The van der Waals surface area contributed by atoms with Crippen molar-refractivity contribution < 1.29 is 12.8 Å². The number of hydrogen-bond acceptors (Lipinski definition) is 5. The Labute approximate surface area is 163 Å². The fourth-order valence-electron chi connectivity index (χ4n) is 3.61. The minimum atomic E-state index is -3.02. The summed E-state index contributed by atoms with van der Waals surface area (Å²) in [7, 11) is -3.02. The summed E-state index contributed by atoms with van der Waals surface area (Å²) >= 11 is 0. The number of piperidine rings is 1. The average molecular weight is 400 g/mol. The number of benzene rings is 1. The van der Waals surface area contributed by atoms with Gasteiger partial charge in [0.05, 0.1) is 16.6 Å². The lowest BCUT2D eigenvalue weighted by molar-refractivity contribution is 0.532. The van der Waals surface area contributed by atoms with Gasteiger partial charge in [0.2, 0.25) is 0 Å². The second-order valence-corrected chi connectivity index (χ2v) is 9.39. The van der Waals surface area contributed by atoms with E-state index in [-0.39, 0.29) is 11.1 Å². The Balaban J connectivity index is 1.61. The van der Waals surface area contributed by atoms with Gasteiger partial charge in [-0.3, -0.25) is 5.10 Å². The fraction of sp³-hybridized carbons (Fsp3) is 0.300. The van der Waals surface area contributed by atoms with Crippen LogP contribution in [0.4, 0.5) is 10.2 Å². The number of H-pyrrole nitrogens is 1. The highest BCUT2D eigenvalue weighted by Crippen LogP contribution is 2.32. The average Bonchev–Trinajstić information content (AvgIpc) is 3.18. The molecule has 8 heteroatoms. The normalized spacial score (nSPS) is 15.7. The topological polar surface area (TPSA) is 79.0 Å². The zero-order chi connectivity index (χ0) is 19.7. The van der Waals surface area contributed by atoms with E-state index in [1.165, 1.54) is 18.4 Å². The van der Waals surface area contributed by atoms with Gasteiger partial charge in [0.25, 0.3) is 0 Å². The van der Waals surface area contributed by atoms with Crippen LogP contribution in [-0.4, -0.2) is 48.2 Å². The number of aromatic amines is 1. The smallest absolute Gasteiger partial charge is 0.150 e. The Morgan fingerprint density at radius 2 is 1.93 bits per heavy atom. The molecule has 0 saturated carbocycles. The van der Waals surface area contributed by atoms with E-state index in [4.69, 9.17) is 0 Å². The van der Waals surface area contributed by atoms with E-state index >= 15 is 0 Å². The van der Waals surface area contributed by atoms with Crippen LogP contribution in [0.25, 0.3) is 22.5 Å². The molecule has 1 aromatic carbocycles. The highest BCUT2D eigenvalue weighted by molar-refractivity contribution is 7.91. The molecule has 4 rings (SSSR count). The quantitative estimate of drug-likeness (QED) is 0.727. The van der Waals surface area contributed by atoms with Crippen LogP contribution in [0.3, 0.4) is 0 Å². The van der Waals surface area contributed by atoms with Gasteiger partial charge >= 0.3 is 0 Å². The van der Waals surface area contributed by atoms with Crippen LogP contribution in [-0.2, 0) is 9.84 Å². The van der Waals surface area contributed by atoms with Crippen LogP contribution >= 0.6 is 0 Å². The highest BCUT2D eigenvalue weighted by Gasteiger charge is 2.28. The van der Waals surface area contributed by atoms with Crippen molar-refractivity contribution in [3.63, 3.8) is 0 Å². The van der Waals surface area contributed by atoms with Gasteiger partial charge < -0.3 is 4.90 Å². The minimum absolute atomic E-state index is 0.289. The number of pyridine rings is 1. The van der Waals surface area contributed by atoms with Crippen molar-refractivity contribution in [2.75, 3.05) is 24.2 Å². The van der Waals surface area contributed by atoms with Gasteiger partial charge in [0.1, 0.15) is 21.5 Å². The predicted octanol–water partition coefficient (Wildman–Crippen LogP) is 3.29. The molecular weight excluding hydrogens is 379 g/mol. The van der Waals surface area contributed by atoms with Crippen molar-refractivity contribution in [1.29, 1.82) is 0 Å². The van der Waals surface area contributed by atoms with E-state index in [1.54, 1.807) is 12.3 Å². The molecule has 3 heterocycles. The first-order chi connectivity index (χ1) is 13.4. The van der Waals surface area contributed by atoms with Gasteiger partial charge in [-0.25, -0.2) is 17.8 Å². The summed E-state index contributed by atoms with van der Waals surface area (Å²) in [6, 6.07) is 12.0. The number of anilines is 1. The summed E-state index contributed by atoms with van der Waals surface area (Å²) in [5.41, 5.74) is 3.02. The first kappa shape index (κ1) is 18.6. The molecule has 1 saturated heterocycles. The summed E-state index contributed by atoms with van der Waals surface area (Å²) in [6.07, 6.45) is 4.21. The van der Waals surface area contributed by atoms with Crippen LogP contribution < -0.4 is 4.90 Å². The summed E-state index contributed by atoms with van der Waals surface area (Å²) in [5, 5.41) is 7.05. The maximum Gasteiger partial charge on any atom is 0.150 e. The molecule has 28 heavy (non-hydrogen) atoms. The van der Waals surface area contributed by atoms with Gasteiger partial charge in [-0.15, -0.1) is 0 Å². The standard InChI is InChI=1S/C20H21FN4O2S/c1-28(26,27)16-7-10-25(11-8-16)20-17(6-3-9-22-20)19-13-18(23-24-19)14-4-2-5-15(21)12-14/h2-6,9,12-13,16H,7-8,10-11H2,1H3,(H,23,24). The number of aromatic nitrogens is 3. The van der Waals surface area contributed by atoms with Crippen molar-refractivity contribution >= 4 is 15.7 Å². The van der Waals surface area contributed by atoms with E-state index in [1.807, 2.05) is 24.3 Å². The van der Waals surface area contributed by atoms with Crippen molar-refractivity contribution in [1.82, 2.24) is 15.2 Å². The Morgan fingerprint density at radius 3 is 2.64 bits per heavy atom. The number of hydrogen-bond donors (Lipinski definition) is 1. The van der Waals surface area contributed by atoms with E-state index < -0.39 is 9.84 Å². The third-order valence-electron chi connectivity index (χ3n) is 5.12. The van der Waals surface area contributed by atoms with Crippen molar-refractivity contribution in [2.45, 2.75) is 18.1 Å². The predicted molar refractivity (Wildman–Crippen MR) is 107 cm³/mol. The molecule has 1 fully saturated rings. The number of nitrogens with one attached hydrogen (secondary N) is 1.